The molecule has 0 atom stereocenters. The second kappa shape index (κ2) is 7.71. The van der Waals surface area contributed by atoms with Gasteiger partial charge in [0.2, 0.25) is 0 Å². The van der Waals surface area contributed by atoms with Gasteiger partial charge in [-0.05, 0) is 30.9 Å². The van der Waals surface area contributed by atoms with E-state index in [0.29, 0.717) is 0 Å². The molecule has 0 N–H and O–H groups in total. The van der Waals surface area contributed by atoms with Gasteiger partial charge in [-0.3, -0.25) is 0 Å². The van der Waals surface area contributed by atoms with Crippen LogP contribution in [0, 0.1) is 0 Å². The van der Waals surface area contributed by atoms with Gasteiger partial charge in [-0.1, -0.05) is 118 Å². The first-order valence-electron chi connectivity index (χ1n) is 9.34. The van der Waals surface area contributed by atoms with Crippen molar-refractivity contribution in [3.8, 4) is 0 Å². The Morgan fingerprint density at radius 2 is 1.19 bits per heavy atom. The number of hydrogen-bond donors (Lipinski definition) is 0. The second-order valence-corrected chi connectivity index (χ2v) is 10.1. The van der Waals surface area contributed by atoms with E-state index < -0.39 is 8.80 Å². The normalized spacial score (nSPS) is 14.0. The van der Waals surface area contributed by atoms with Crippen LogP contribution in [-0.4, -0.2) is 8.80 Å². The van der Waals surface area contributed by atoms with Crippen LogP contribution < -0.4 is 10.4 Å². The molecule has 0 unspecified atom stereocenters. The standard InChI is InChI=1S/C25H24Si/c1-20-17-25(19-22(20)18-21-11-5-2-6-12-21)26(23-13-7-3-8-14-23)24-15-9-4-10-16-24/h2-16,19,26H,17-18H2,1H3. The highest BCUT2D eigenvalue weighted by Gasteiger charge is 2.25. The lowest BCUT2D eigenvalue weighted by atomic mass is 10.0. The molecule has 1 aliphatic rings. The molecule has 0 saturated carbocycles. The van der Waals surface area contributed by atoms with Gasteiger partial charge in [0.1, 0.15) is 8.80 Å². The third kappa shape index (κ3) is 3.63. The molecule has 0 aliphatic heterocycles. The van der Waals surface area contributed by atoms with Crippen LogP contribution in [0.5, 0.6) is 0 Å². The Bertz CT molecular complexity index is 882. The monoisotopic (exact) mass is 352 g/mol. The van der Waals surface area contributed by atoms with Crippen LogP contribution in [0.1, 0.15) is 18.9 Å². The van der Waals surface area contributed by atoms with Gasteiger partial charge in [0.05, 0.1) is 0 Å². The Hall–Kier alpha value is -2.64. The van der Waals surface area contributed by atoms with Crippen molar-refractivity contribution >= 4 is 19.2 Å². The average Bonchev–Trinajstić information content (AvgIpc) is 3.04. The molecule has 0 spiro atoms. The zero-order valence-corrected chi connectivity index (χ0v) is 16.4. The summed E-state index contributed by atoms with van der Waals surface area (Å²) in [5, 5.41) is 4.67. The first kappa shape index (κ1) is 16.8. The molecule has 1 aliphatic carbocycles. The van der Waals surface area contributed by atoms with Crippen molar-refractivity contribution in [2.45, 2.75) is 19.8 Å². The molecule has 0 nitrogen and oxygen atoms in total. The molecule has 0 amide bonds. The average molecular weight is 353 g/mol. The summed E-state index contributed by atoms with van der Waals surface area (Å²) in [5.41, 5.74) is 4.45. The lowest BCUT2D eigenvalue weighted by Gasteiger charge is -2.18. The summed E-state index contributed by atoms with van der Waals surface area (Å²) in [7, 11) is -1.37. The Kier molecular flexibility index (Phi) is 4.99. The van der Waals surface area contributed by atoms with E-state index in [0.717, 1.165) is 12.8 Å². The summed E-state index contributed by atoms with van der Waals surface area (Å²) in [5.74, 6) is 0. The summed E-state index contributed by atoms with van der Waals surface area (Å²) in [6, 6.07) is 33.0. The maximum Gasteiger partial charge on any atom is 0.128 e. The van der Waals surface area contributed by atoms with Gasteiger partial charge in [-0.25, -0.2) is 0 Å². The largest absolute Gasteiger partial charge is 0.128 e. The predicted molar refractivity (Wildman–Crippen MR) is 115 cm³/mol. The zero-order chi connectivity index (χ0) is 17.8. The van der Waals surface area contributed by atoms with Crippen LogP contribution >= 0.6 is 0 Å². The Balaban J connectivity index is 1.68. The summed E-state index contributed by atoms with van der Waals surface area (Å²) >= 11 is 0. The van der Waals surface area contributed by atoms with E-state index in [-0.39, 0.29) is 0 Å². The molecule has 3 aromatic carbocycles. The first-order chi connectivity index (χ1) is 12.8. The molecule has 4 rings (SSSR count). The highest BCUT2D eigenvalue weighted by molar-refractivity contribution is 6.91. The lowest BCUT2D eigenvalue weighted by molar-refractivity contribution is 1.13. The van der Waals surface area contributed by atoms with Crippen molar-refractivity contribution in [2.24, 2.45) is 0 Å². The molecule has 26 heavy (non-hydrogen) atoms. The quantitative estimate of drug-likeness (QED) is 0.595. The van der Waals surface area contributed by atoms with Crippen LogP contribution in [-0.2, 0) is 6.42 Å². The zero-order valence-electron chi connectivity index (χ0n) is 15.2. The molecule has 128 valence electrons. The van der Waals surface area contributed by atoms with Crippen molar-refractivity contribution in [1.82, 2.24) is 0 Å². The van der Waals surface area contributed by atoms with Gasteiger partial charge in [-0.15, -0.1) is 0 Å². The van der Waals surface area contributed by atoms with Crippen LogP contribution in [0.15, 0.2) is 113 Å². The van der Waals surface area contributed by atoms with Gasteiger partial charge in [0.25, 0.3) is 0 Å². The van der Waals surface area contributed by atoms with E-state index in [2.05, 4.69) is 104 Å². The van der Waals surface area contributed by atoms with Crippen LogP contribution in [0.3, 0.4) is 0 Å². The number of hydrogen-bond acceptors (Lipinski definition) is 0. The molecular formula is C25H24Si. The maximum absolute atomic E-state index is 2.51. The predicted octanol–water partition coefficient (Wildman–Crippen LogP) is 4.46. The third-order valence-corrected chi connectivity index (χ3v) is 8.47. The maximum atomic E-state index is 2.51. The number of rotatable bonds is 5. The van der Waals surface area contributed by atoms with Gasteiger partial charge >= 0.3 is 0 Å². The smallest absolute Gasteiger partial charge is 0.0700 e. The Morgan fingerprint density at radius 1 is 0.692 bits per heavy atom. The minimum Gasteiger partial charge on any atom is -0.0700 e. The molecule has 0 saturated heterocycles. The molecule has 3 aromatic rings. The van der Waals surface area contributed by atoms with Crippen molar-refractivity contribution in [2.75, 3.05) is 0 Å². The first-order valence-corrected chi connectivity index (χ1v) is 11.1. The Morgan fingerprint density at radius 3 is 1.73 bits per heavy atom. The highest BCUT2D eigenvalue weighted by Crippen LogP contribution is 2.29. The molecule has 0 fully saturated rings. The van der Waals surface area contributed by atoms with E-state index in [1.54, 1.807) is 5.20 Å². The van der Waals surface area contributed by atoms with E-state index in [9.17, 15) is 0 Å². The van der Waals surface area contributed by atoms with Crippen molar-refractivity contribution in [3.05, 3.63) is 119 Å². The fraction of sp³-hybridized carbons (Fsp3) is 0.120. The molecule has 1 heteroatoms. The minimum absolute atomic E-state index is 1.04. The van der Waals surface area contributed by atoms with Gasteiger partial charge in [0, 0.05) is 0 Å². The summed E-state index contributed by atoms with van der Waals surface area (Å²) < 4.78 is 0. The fourth-order valence-electron chi connectivity index (χ4n) is 3.93. The van der Waals surface area contributed by atoms with Crippen LogP contribution in [0.25, 0.3) is 0 Å². The van der Waals surface area contributed by atoms with Crippen molar-refractivity contribution in [1.29, 1.82) is 0 Å². The van der Waals surface area contributed by atoms with Crippen molar-refractivity contribution < 1.29 is 0 Å². The molecule has 0 aromatic heterocycles. The number of allylic oxidation sites excluding steroid dienone is 4. The fourth-order valence-corrected chi connectivity index (χ4v) is 7.27. The van der Waals surface area contributed by atoms with Crippen LogP contribution in [0.4, 0.5) is 0 Å². The molecular weight excluding hydrogens is 328 g/mol. The van der Waals surface area contributed by atoms with E-state index in [1.807, 2.05) is 0 Å². The molecule has 0 bridgehead atoms. The summed E-state index contributed by atoms with van der Waals surface area (Å²) in [4.78, 5) is 0. The summed E-state index contributed by atoms with van der Waals surface area (Å²) in [6.45, 7) is 2.31. The van der Waals surface area contributed by atoms with E-state index in [1.165, 1.54) is 27.1 Å². The highest BCUT2D eigenvalue weighted by atomic mass is 28.3. The van der Waals surface area contributed by atoms with Gasteiger partial charge in [-0.2, -0.15) is 0 Å². The SMILES string of the molecule is CC1=C(Cc2ccccc2)C=C([SiH](c2ccccc2)c2ccccc2)C1. The van der Waals surface area contributed by atoms with Crippen molar-refractivity contribution in [3.63, 3.8) is 0 Å². The topological polar surface area (TPSA) is 0 Å². The Labute approximate surface area is 158 Å². The minimum atomic E-state index is -1.37. The lowest BCUT2D eigenvalue weighted by Crippen LogP contribution is -2.43. The van der Waals surface area contributed by atoms with Gasteiger partial charge in [0.15, 0.2) is 0 Å². The van der Waals surface area contributed by atoms with Crippen LogP contribution in [0.2, 0.25) is 0 Å². The van der Waals surface area contributed by atoms with E-state index >= 15 is 0 Å². The third-order valence-electron chi connectivity index (χ3n) is 5.25. The summed E-state index contributed by atoms with van der Waals surface area (Å²) in [6.07, 6.45) is 4.68. The second-order valence-electron chi connectivity index (χ2n) is 7.12. The van der Waals surface area contributed by atoms with E-state index in [4.69, 9.17) is 0 Å². The number of benzene rings is 3. The van der Waals surface area contributed by atoms with Gasteiger partial charge < -0.3 is 0 Å². The molecule has 0 heterocycles. The molecule has 0 radical (unpaired) electrons.